The third-order valence-corrected chi connectivity index (χ3v) is 3.87. The van der Waals surface area contributed by atoms with Crippen LogP contribution in [-0.4, -0.2) is 20.7 Å². The van der Waals surface area contributed by atoms with E-state index in [1.165, 1.54) is 10.7 Å². The molecule has 0 spiro atoms. The molecule has 0 radical (unpaired) electrons. The summed E-state index contributed by atoms with van der Waals surface area (Å²) in [5, 5.41) is 8.08. The molecular formula is C14H14N4O3S. The first kappa shape index (κ1) is 14.3. The van der Waals surface area contributed by atoms with E-state index in [2.05, 4.69) is 15.4 Å². The molecule has 0 saturated carbocycles. The first-order valence-corrected chi connectivity index (χ1v) is 7.46. The van der Waals surface area contributed by atoms with Crippen molar-refractivity contribution in [3.8, 4) is 11.5 Å². The van der Waals surface area contributed by atoms with E-state index in [1.54, 1.807) is 24.5 Å². The first-order valence-electron chi connectivity index (χ1n) is 6.58. The van der Waals surface area contributed by atoms with E-state index >= 15 is 0 Å². The van der Waals surface area contributed by atoms with Crippen LogP contribution in [0.3, 0.4) is 0 Å². The third-order valence-electron chi connectivity index (χ3n) is 3.10. The normalized spacial score (nSPS) is 10.8. The molecule has 22 heavy (non-hydrogen) atoms. The van der Waals surface area contributed by atoms with Gasteiger partial charge in [-0.25, -0.2) is 4.98 Å². The van der Waals surface area contributed by atoms with Crippen molar-refractivity contribution in [2.24, 2.45) is 7.05 Å². The largest absolute Gasteiger partial charge is 0.458 e. The van der Waals surface area contributed by atoms with Gasteiger partial charge in [-0.15, -0.1) is 11.3 Å². The Morgan fingerprint density at radius 1 is 1.50 bits per heavy atom. The summed E-state index contributed by atoms with van der Waals surface area (Å²) in [5.41, 5.74) is 0.742. The van der Waals surface area contributed by atoms with Crippen LogP contribution >= 0.6 is 11.3 Å². The van der Waals surface area contributed by atoms with Gasteiger partial charge in [-0.1, -0.05) is 0 Å². The van der Waals surface area contributed by atoms with Crippen molar-refractivity contribution in [3.63, 3.8) is 0 Å². The molecular weight excluding hydrogens is 304 g/mol. The number of rotatable bonds is 4. The lowest BCUT2D eigenvalue weighted by molar-refractivity contribution is 0.0938. The number of carbonyl (C=O) groups is 1. The highest BCUT2D eigenvalue weighted by Crippen LogP contribution is 2.23. The van der Waals surface area contributed by atoms with Crippen molar-refractivity contribution < 1.29 is 9.21 Å². The number of furan rings is 1. The van der Waals surface area contributed by atoms with Gasteiger partial charge in [0.1, 0.15) is 17.1 Å². The van der Waals surface area contributed by atoms with Gasteiger partial charge in [0.2, 0.25) is 0 Å². The second-order valence-electron chi connectivity index (χ2n) is 4.77. The molecule has 8 heteroatoms. The van der Waals surface area contributed by atoms with Crippen molar-refractivity contribution in [2.75, 3.05) is 0 Å². The zero-order valence-corrected chi connectivity index (χ0v) is 12.9. The van der Waals surface area contributed by atoms with Gasteiger partial charge in [0.05, 0.1) is 11.6 Å². The van der Waals surface area contributed by atoms with Crippen molar-refractivity contribution in [1.29, 1.82) is 0 Å². The summed E-state index contributed by atoms with van der Waals surface area (Å²) in [7, 11) is 1.60. The minimum absolute atomic E-state index is 0.237. The van der Waals surface area contributed by atoms with Gasteiger partial charge in [-0.2, -0.15) is 0 Å². The van der Waals surface area contributed by atoms with Crippen molar-refractivity contribution in [3.05, 3.63) is 50.4 Å². The average molecular weight is 318 g/mol. The molecule has 1 amide bonds. The lowest BCUT2D eigenvalue weighted by Gasteiger charge is -2.03. The Kier molecular flexibility index (Phi) is 3.68. The van der Waals surface area contributed by atoms with E-state index in [1.807, 2.05) is 18.4 Å². The number of carbonyl (C=O) groups excluding carboxylic acids is 1. The number of nitrogens with zero attached hydrogens (tertiary/aromatic N) is 2. The molecule has 3 aromatic rings. The Bertz CT molecular complexity index is 871. The molecule has 3 heterocycles. The van der Waals surface area contributed by atoms with E-state index in [-0.39, 0.29) is 23.7 Å². The maximum Gasteiger partial charge on any atom is 0.269 e. The zero-order chi connectivity index (χ0) is 15.7. The molecule has 0 aromatic carbocycles. The maximum absolute atomic E-state index is 12.0. The van der Waals surface area contributed by atoms with E-state index in [9.17, 15) is 9.59 Å². The van der Waals surface area contributed by atoms with Crippen molar-refractivity contribution in [2.45, 2.75) is 13.5 Å². The van der Waals surface area contributed by atoms with Crippen molar-refractivity contribution >= 4 is 17.2 Å². The highest BCUT2D eigenvalue weighted by atomic mass is 32.1. The zero-order valence-electron chi connectivity index (χ0n) is 12.0. The molecule has 0 bridgehead atoms. The quantitative estimate of drug-likeness (QED) is 0.765. The Hall–Kier alpha value is -2.61. The van der Waals surface area contributed by atoms with Crippen LogP contribution in [-0.2, 0) is 13.6 Å². The van der Waals surface area contributed by atoms with Gasteiger partial charge in [0, 0.05) is 18.5 Å². The summed E-state index contributed by atoms with van der Waals surface area (Å²) in [4.78, 5) is 27.5. The molecule has 0 saturated heterocycles. The van der Waals surface area contributed by atoms with E-state index in [4.69, 9.17) is 4.42 Å². The van der Waals surface area contributed by atoms with E-state index in [0.717, 1.165) is 10.7 Å². The number of H-pyrrole nitrogens is 1. The number of hydrogen-bond donors (Lipinski definition) is 2. The average Bonchev–Trinajstić information content (AvgIpc) is 3.16. The molecule has 114 valence electrons. The second-order valence-corrected chi connectivity index (χ2v) is 5.83. The van der Waals surface area contributed by atoms with Gasteiger partial charge in [0.15, 0.2) is 5.76 Å². The predicted molar refractivity (Wildman–Crippen MR) is 81.8 cm³/mol. The predicted octanol–water partition coefficient (Wildman–Crippen LogP) is 1.67. The Morgan fingerprint density at radius 3 is 2.95 bits per heavy atom. The Morgan fingerprint density at radius 2 is 2.32 bits per heavy atom. The first-order chi connectivity index (χ1) is 10.5. The lowest BCUT2D eigenvalue weighted by atomic mass is 10.3. The summed E-state index contributed by atoms with van der Waals surface area (Å²) in [6.45, 7) is 2.17. The molecule has 0 aliphatic heterocycles. The smallest absolute Gasteiger partial charge is 0.269 e. The number of hydrogen-bond acceptors (Lipinski definition) is 5. The van der Waals surface area contributed by atoms with Gasteiger partial charge in [0.25, 0.3) is 11.5 Å². The molecule has 0 unspecified atom stereocenters. The number of thiazole rings is 1. The van der Waals surface area contributed by atoms with Crippen LogP contribution in [0.5, 0.6) is 0 Å². The topological polar surface area (TPSA) is 92.9 Å². The van der Waals surface area contributed by atoms with Crippen molar-refractivity contribution in [1.82, 2.24) is 20.1 Å². The number of aryl methyl sites for hydroxylation is 2. The van der Waals surface area contributed by atoms with Crippen LogP contribution in [0, 0.1) is 6.92 Å². The standard InChI is InChI=1S/C14H14N4O3S/c1-8-16-10(7-22-8)12-4-3-9(21-12)6-15-14(20)11-5-13(19)17-18(11)2/h3-5,7H,6H2,1-2H3,(H,15,20)(H,17,19). The van der Waals surface area contributed by atoms with Gasteiger partial charge in [-0.3, -0.25) is 19.4 Å². The number of nitrogens with one attached hydrogen (secondary N) is 2. The molecule has 0 aliphatic rings. The summed E-state index contributed by atoms with van der Waals surface area (Å²) >= 11 is 1.55. The summed E-state index contributed by atoms with van der Waals surface area (Å²) in [5.74, 6) is 0.945. The van der Waals surface area contributed by atoms with Gasteiger partial charge >= 0.3 is 0 Å². The minimum Gasteiger partial charge on any atom is -0.458 e. The minimum atomic E-state index is -0.344. The number of aromatic nitrogens is 3. The highest BCUT2D eigenvalue weighted by molar-refractivity contribution is 7.09. The molecule has 2 N–H and O–H groups in total. The maximum atomic E-state index is 12.0. The molecule has 0 aliphatic carbocycles. The van der Waals surface area contributed by atoms with Crippen LogP contribution in [0.15, 0.2) is 32.8 Å². The van der Waals surface area contributed by atoms with E-state index < -0.39 is 0 Å². The molecule has 0 fully saturated rings. The number of amides is 1. The van der Waals surface area contributed by atoms with Crippen LogP contribution in [0.2, 0.25) is 0 Å². The highest BCUT2D eigenvalue weighted by Gasteiger charge is 2.12. The molecule has 3 aromatic heterocycles. The second kappa shape index (κ2) is 5.64. The van der Waals surface area contributed by atoms with Gasteiger partial charge < -0.3 is 9.73 Å². The fourth-order valence-electron chi connectivity index (χ4n) is 2.04. The molecule has 3 rings (SSSR count). The fraction of sp³-hybridized carbons (Fsp3) is 0.214. The Balaban J connectivity index is 1.67. The van der Waals surface area contributed by atoms with Crippen LogP contribution in [0.1, 0.15) is 21.3 Å². The van der Waals surface area contributed by atoms with Crippen LogP contribution in [0.25, 0.3) is 11.5 Å². The lowest BCUT2D eigenvalue weighted by Crippen LogP contribution is -2.24. The summed E-state index contributed by atoms with van der Waals surface area (Å²) in [6.07, 6.45) is 0. The summed E-state index contributed by atoms with van der Waals surface area (Å²) < 4.78 is 7.04. The number of aromatic amines is 1. The van der Waals surface area contributed by atoms with E-state index in [0.29, 0.717) is 11.5 Å². The van der Waals surface area contributed by atoms with Crippen LogP contribution in [0.4, 0.5) is 0 Å². The molecule has 7 nitrogen and oxygen atoms in total. The molecule has 0 atom stereocenters. The SMILES string of the molecule is Cc1nc(-c2ccc(CNC(=O)c3cc(=O)[nH]n3C)o2)cs1. The Labute approximate surface area is 129 Å². The fourth-order valence-corrected chi connectivity index (χ4v) is 2.64. The van der Waals surface area contributed by atoms with Crippen LogP contribution < -0.4 is 10.9 Å². The monoisotopic (exact) mass is 318 g/mol. The summed E-state index contributed by atoms with van der Waals surface area (Å²) in [6, 6.07) is 4.86. The third kappa shape index (κ3) is 2.86. The van der Waals surface area contributed by atoms with Gasteiger partial charge in [-0.05, 0) is 19.1 Å².